The molecule has 0 aromatic carbocycles. The van der Waals surface area contributed by atoms with E-state index in [1.54, 1.807) is 0 Å². The Morgan fingerprint density at radius 3 is 3.27 bits per heavy atom. The van der Waals surface area contributed by atoms with Gasteiger partial charge in [-0.15, -0.1) is 0 Å². The van der Waals surface area contributed by atoms with Crippen LogP contribution in [-0.2, 0) is 16.1 Å². The van der Waals surface area contributed by atoms with Gasteiger partial charge in [-0.2, -0.15) is 0 Å². The first-order valence-corrected chi connectivity index (χ1v) is 5.08. The van der Waals surface area contributed by atoms with Crippen LogP contribution in [0.15, 0.2) is 18.3 Å². The Morgan fingerprint density at radius 1 is 1.67 bits per heavy atom. The average molecular weight is 209 g/mol. The number of nitrogens with one attached hydrogen (secondary N) is 3. The van der Waals surface area contributed by atoms with Crippen LogP contribution in [-0.4, -0.2) is 36.7 Å². The predicted octanol–water partition coefficient (Wildman–Crippen LogP) is -0.381. The largest absolute Gasteiger partial charge is 0.366 e. The summed E-state index contributed by atoms with van der Waals surface area (Å²) in [5, 5.41) is 5.93. The van der Waals surface area contributed by atoms with Crippen LogP contribution in [0, 0.1) is 0 Å². The molecule has 1 unspecified atom stereocenters. The highest BCUT2D eigenvalue weighted by atomic mass is 16.5. The summed E-state index contributed by atoms with van der Waals surface area (Å²) >= 11 is 0. The maximum Gasteiger partial charge on any atom is 0.250 e. The van der Waals surface area contributed by atoms with E-state index in [9.17, 15) is 4.79 Å². The van der Waals surface area contributed by atoms with Crippen LogP contribution < -0.4 is 10.6 Å². The summed E-state index contributed by atoms with van der Waals surface area (Å²) in [6.45, 7) is 2.53. The number of ether oxygens (including phenoxy) is 1. The lowest BCUT2D eigenvalue weighted by Crippen LogP contribution is -2.47. The first-order valence-electron chi connectivity index (χ1n) is 5.08. The highest BCUT2D eigenvalue weighted by Crippen LogP contribution is 1.98. The number of carbonyl (C=O) groups is 1. The van der Waals surface area contributed by atoms with Crippen molar-refractivity contribution < 1.29 is 9.53 Å². The van der Waals surface area contributed by atoms with E-state index in [0.717, 1.165) is 12.2 Å². The Balaban J connectivity index is 1.76. The van der Waals surface area contributed by atoms with Crippen molar-refractivity contribution in [2.45, 2.75) is 12.6 Å². The summed E-state index contributed by atoms with van der Waals surface area (Å²) in [6, 6.07) is 3.83. The summed E-state index contributed by atoms with van der Waals surface area (Å²) in [5.41, 5.74) is 0.993. The van der Waals surface area contributed by atoms with Gasteiger partial charge in [-0.25, -0.2) is 0 Å². The average Bonchev–Trinajstić information content (AvgIpc) is 2.80. The fourth-order valence-corrected chi connectivity index (χ4v) is 1.51. The van der Waals surface area contributed by atoms with E-state index in [4.69, 9.17) is 4.74 Å². The normalized spacial score (nSPS) is 21.2. The molecule has 5 heteroatoms. The Hall–Kier alpha value is -1.33. The number of amides is 1. The molecule has 2 rings (SSSR count). The lowest BCUT2D eigenvalue weighted by Gasteiger charge is -2.22. The zero-order chi connectivity index (χ0) is 10.5. The molecular weight excluding hydrogens is 194 g/mol. The van der Waals surface area contributed by atoms with Crippen molar-refractivity contribution in [1.82, 2.24) is 15.6 Å². The van der Waals surface area contributed by atoms with Crippen molar-refractivity contribution in [3.63, 3.8) is 0 Å². The van der Waals surface area contributed by atoms with E-state index in [1.807, 2.05) is 18.3 Å². The van der Waals surface area contributed by atoms with Gasteiger partial charge in [0.1, 0.15) is 6.10 Å². The van der Waals surface area contributed by atoms with Crippen LogP contribution in [0.5, 0.6) is 0 Å². The van der Waals surface area contributed by atoms with Gasteiger partial charge in [-0.3, -0.25) is 4.79 Å². The maximum absolute atomic E-state index is 11.6. The van der Waals surface area contributed by atoms with Gasteiger partial charge < -0.3 is 20.4 Å². The van der Waals surface area contributed by atoms with Crippen molar-refractivity contribution in [2.24, 2.45) is 0 Å². The molecule has 1 aromatic rings. The molecular formula is C10H15N3O2. The van der Waals surface area contributed by atoms with Crippen molar-refractivity contribution in [2.75, 3.05) is 19.7 Å². The second-order valence-corrected chi connectivity index (χ2v) is 3.48. The molecule has 1 atom stereocenters. The third kappa shape index (κ3) is 2.81. The van der Waals surface area contributed by atoms with Crippen LogP contribution in [0.25, 0.3) is 0 Å². The Labute approximate surface area is 88.2 Å². The first kappa shape index (κ1) is 10.2. The summed E-state index contributed by atoms with van der Waals surface area (Å²) < 4.78 is 5.32. The quantitative estimate of drug-likeness (QED) is 0.635. The molecule has 1 aliphatic rings. The highest BCUT2D eigenvalue weighted by Gasteiger charge is 2.20. The lowest BCUT2D eigenvalue weighted by molar-refractivity contribution is -0.134. The fourth-order valence-electron chi connectivity index (χ4n) is 1.51. The predicted molar refractivity (Wildman–Crippen MR) is 55.2 cm³/mol. The first-order chi connectivity index (χ1) is 7.36. The Kier molecular flexibility index (Phi) is 3.37. The van der Waals surface area contributed by atoms with E-state index in [0.29, 0.717) is 19.7 Å². The molecule has 1 aromatic heterocycles. The van der Waals surface area contributed by atoms with Gasteiger partial charge in [0, 0.05) is 25.0 Å². The SMILES string of the molecule is O=C(NCc1ccc[nH]1)C1CNCCO1. The Bertz CT molecular complexity index is 304. The van der Waals surface area contributed by atoms with Gasteiger partial charge in [0.05, 0.1) is 13.2 Å². The summed E-state index contributed by atoms with van der Waals surface area (Å²) in [7, 11) is 0. The van der Waals surface area contributed by atoms with E-state index in [1.165, 1.54) is 0 Å². The highest BCUT2D eigenvalue weighted by molar-refractivity contribution is 5.81. The zero-order valence-electron chi connectivity index (χ0n) is 8.45. The van der Waals surface area contributed by atoms with Gasteiger partial charge in [-0.05, 0) is 12.1 Å². The number of carbonyl (C=O) groups excluding carboxylic acids is 1. The second kappa shape index (κ2) is 4.95. The minimum atomic E-state index is -0.353. The van der Waals surface area contributed by atoms with Crippen molar-refractivity contribution in [3.8, 4) is 0 Å². The molecule has 0 bridgehead atoms. The van der Waals surface area contributed by atoms with Crippen LogP contribution in [0.2, 0.25) is 0 Å². The molecule has 1 saturated heterocycles. The molecule has 1 aliphatic heterocycles. The maximum atomic E-state index is 11.6. The molecule has 15 heavy (non-hydrogen) atoms. The van der Waals surface area contributed by atoms with E-state index < -0.39 is 0 Å². The van der Waals surface area contributed by atoms with E-state index in [2.05, 4.69) is 15.6 Å². The molecule has 2 heterocycles. The summed E-state index contributed by atoms with van der Waals surface area (Å²) in [4.78, 5) is 14.6. The number of hydrogen-bond donors (Lipinski definition) is 3. The van der Waals surface area contributed by atoms with Crippen LogP contribution in [0.1, 0.15) is 5.69 Å². The third-order valence-electron chi connectivity index (χ3n) is 2.34. The standard InChI is InChI=1S/C10H15N3O2/c14-10(9-7-11-4-5-15-9)13-6-8-2-1-3-12-8/h1-3,9,11-12H,4-7H2,(H,13,14). The van der Waals surface area contributed by atoms with E-state index in [-0.39, 0.29) is 12.0 Å². The van der Waals surface area contributed by atoms with E-state index >= 15 is 0 Å². The smallest absolute Gasteiger partial charge is 0.250 e. The number of hydrogen-bond acceptors (Lipinski definition) is 3. The van der Waals surface area contributed by atoms with Crippen molar-refractivity contribution >= 4 is 5.91 Å². The minimum Gasteiger partial charge on any atom is -0.366 e. The molecule has 5 nitrogen and oxygen atoms in total. The summed E-state index contributed by atoms with van der Waals surface area (Å²) in [6.07, 6.45) is 1.48. The van der Waals surface area contributed by atoms with Gasteiger partial charge in [0.15, 0.2) is 0 Å². The fraction of sp³-hybridized carbons (Fsp3) is 0.500. The van der Waals surface area contributed by atoms with Gasteiger partial charge in [0.2, 0.25) is 0 Å². The van der Waals surface area contributed by atoms with Gasteiger partial charge >= 0.3 is 0 Å². The van der Waals surface area contributed by atoms with Crippen LogP contribution in [0.4, 0.5) is 0 Å². The molecule has 3 N–H and O–H groups in total. The minimum absolute atomic E-state index is 0.0585. The number of H-pyrrole nitrogens is 1. The molecule has 0 saturated carbocycles. The van der Waals surface area contributed by atoms with Gasteiger partial charge in [0.25, 0.3) is 5.91 Å². The number of rotatable bonds is 3. The lowest BCUT2D eigenvalue weighted by atomic mass is 10.3. The van der Waals surface area contributed by atoms with Gasteiger partial charge in [-0.1, -0.05) is 0 Å². The van der Waals surface area contributed by atoms with Crippen molar-refractivity contribution in [1.29, 1.82) is 0 Å². The second-order valence-electron chi connectivity index (χ2n) is 3.48. The molecule has 0 aliphatic carbocycles. The Morgan fingerprint density at radius 2 is 2.60 bits per heavy atom. The number of aromatic amines is 1. The topological polar surface area (TPSA) is 66.2 Å². The third-order valence-corrected chi connectivity index (χ3v) is 2.34. The molecule has 0 spiro atoms. The molecule has 82 valence electrons. The number of morpholine rings is 1. The number of aromatic nitrogens is 1. The summed E-state index contributed by atoms with van der Waals surface area (Å²) in [5.74, 6) is -0.0585. The molecule has 1 amide bonds. The zero-order valence-corrected chi connectivity index (χ0v) is 8.45. The van der Waals surface area contributed by atoms with Crippen LogP contribution in [0.3, 0.4) is 0 Å². The molecule has 0 radical (unpaired) electrons. The van der Waals surface area contributed by atoms with Crippen LogP contribution >= 0.6 is 0 Å². The molecule has 1 fully saturated rings. The monoisotopic (exact) mass is 209 g/mol. The van der Waals surface area contributed by atoms with Crippen molar-refractivity contribution in [3.05, 3.63) is 24.0 Å².